The Morgan fingerprint density at radius 2 is 1.27 bits per heavy atom. The highest BCUT2D eigenvalue weighted by Gasteiger charge is 2.25. The van der Waals surface area contributed by atoms with Crippen molar-refractivity contribution in [3.63, 3.8) is 0 Å². The minimum absolute atomic E-state index is 1.09. The molecule has 0 unspecified atom stereocenters. The molecule has 0 bridgehead atoms. The van der Waals surface area contributed by atoms with Crippen molar-refractivity contribution in [1.29, 1.82) is 0 Å². The fraction of sp³-hybridized carbons (Fsp3) is 0.190. The first-order chi connectivity index (χ1) is 10.9. The molecule has 0 spiro atoms. The molecule has 3 aromatic rings. The van der Waals surface area contributed by atoms with Gasteiger partial charge in [0.1, 0.15) is 0 Å². The van der Waals surface area contributed by atoms with Gasteiger partial charge in [0, 0.05) is 11.8 Å². The van der Waals surface area contributed by atoms with Crippen LogP contribution >= 0.6 is 0 Å². The number of aromatic nitrogens is 1. The monoisotopic (exact) mass is 283 g/mol. The van der Waals surface area contributed by atoms with E-state index in [0.29, 0.717) is 0 Å². The highest BCUT2D eigenvalue weighted by molar-refractivity contribution is 5.83. The van der Waals surface area contributed by atoms with Crippen molar-refractivity contribution in [1.82, 2.24) is 4.98 Å². The van der Waals surface area contributed by atoms with E-state index in [1.54, 1.807) is 0 Å². The molecule has 1 heterocycles. The van der Waals surface area contributed by atoms with Crippen LogP contribution in [0.1, 0.15) is 22.3 Å². The summed E-state index contributed by atoms with van der Waals surface area (Å²) in [4.78, 5) is 4.53. The number of hydrogen-bond acceptors (Lipinski definition) is 1. The van der Waals surface area contributed by atoms with Gasteiger partial charge in [-0.05, 0) is 83.3 Å². The highest BCUT2D eigenvalue weighted by atomic mass is 14.7. The summed E-state index contributed by atoms with van der Waals surface area (Å²) in [7, 11) is 0. The summed E-state index contributed by atoms with van der Waals surface area (Å²) in [5.41, 5.74) is 11.5. The Balaban J connectivity index is 1.77. The standard InChI is InChI=1S/C21H17N/c1-2-11-22-19(6-1)18-12-16-9-7-14-4-3-5-15-8-10-17(13-18)21(16)20(14)15/h1-6,11-13H,7-10H2. The lowest BCUT2D eigenvalue weighted by atomic mass is 9.75. The van der Waals surface area contributed by atoms with Gasteiger partial charge in [0.25, 0.3) is 0 Å². The highest BCUT2D eigenvalue weighted by Crippen LogP contribution is 2.43. The summed E-state index contributed by atoms with van der Waals surface area (Å²) in [6.07, 6.45) is 6.52. The molecule has 2 aliphatic rings. The molecule has 0 atom stereocenters. The predicted octanol–water partition coefficient (Wildman–Crippen LogP) is 4.61. The van der Waals surface area contributed by atoms with Crippen LogP contribution in [0.5, 0.6) is 0 Å². The van der Waals surface area contributed by atoms with E-state index in [2.05, 4.69) is 47.4 Å². The first kappa shape index (κ1) is 12.2. The maximum Gasteiger partial charge on any atom is 0.0702 e. The fourth-order valence-electron chi connectivity index (χ4n) is 4.09. The number of hydrogen-bond donors (Lipinski definition) is 0. The van der Waals surface area contributed by atoms with Gasteiger partial charge in [-0.3, -0.25) is 4.98 Å². The molecule has 1 aromatic heterocycles. The van der Waals surface area contributed by atoms with Gasteiger partial charge in [0.15, 0.2) is 0 Å². The van der Waals surface area contributed by atoms with Gasteiger partial charge in [0.05, 0.1) is 5.69 Å². The van der Waals surface area contributed by atoms with E-state index in [1.807, 2.05) is 12.3 Å². The zero-order chi connectivity index (χ0) is 14.5. The minimum Gasteiger partial charge on any atom is -0.256 e. The predicted molar refractivity (Wildman–Crippen MR) is 89.9 cm³/mol. The van der Waals surface area contributed by atoms with Gasteiger partial charge in [0.2, 0.25) is 0 Å². The summed E-state index contributed by atoms with van der Waals surface area (Å²) >= 11 is 0. The van der Waals surface area contributed by atoms with Gasteiger partial charge in [-0.25, -0.2) is 0 Å². The maximum absolute atomic E-state index is 4.53. The molecule has 2 aromatic carbocycles. The second-order valence-electron chi connectivity index (χ2n) is 6.34. The summed E-state index contributed by atoms with van der Waals surface area (Å²) in [5.74, 6) is 0. The van der Waals surface area contributed by atoms with E-state index >= 15 is 0 Å². The molecule has 1 heteroatoms. The van der Waals surface area contributed by atoms with Crippen LogP contribution in [0.4, 0.5) is 0 Å². The molecule has 0 saturated heterocycles. The van der Waals surface area contributed by atoms with Crippen LogP contribution in [0, 0.1) is 0 Å². The van der Waals surface area contributed by atoms with Crippen LogP contribution in [0.2, 0.25) is 0 Å². The fourth-order valence-corrected chi connectivity index (χ4v) is 4.09. The average molecular weight is 283 g/mol. The van der Waals surface area contributed by atoms with Crippen LogP contribution in [0.25, 0.3) is 22.4 Å². The van der Waals surface area contributed by atoms with E-state index in [9.17, 15) is 0 Å². The Kier molecular flexibility index (Phi) is 2.51. The van der Waals surface area contributed by atoms with E-state index in [-0.39, 0.29) is 0 Å². The Bertz CT molecular complexity index is 830. The van der Waals surface area contributed by atoms with Crippen molar-refractivity contribution < 1.29 is 0 Å². The topological polar surface area (TPSA) is 12.9 Å². The normalized spacial score (nSPS) is 14.5. The quantitative estimate of drug-likeness (QED) is 0.635. The number of rotatable bonds is 1. The van der Waals surface area contributed by atoms with Gasteiger partial charge in [-0.2, -0.15) is 0 Å². The minimum atomic E-state index is 1.09. The smallest absolute Gasteiger partial charge is 0.0702 e. The molecule has 0 aliphatic heterocycles. The molecule has 106 valence electrons. The van der Waals surface area contributed by atoms with Crippen LogP contribution in [0.15, 0.2) is 54.7 Å². The van der Waals surface area contributed by atoms with E-state index in [1.165, 1.54) is 51.8 Å². The molecule has 2 aliphatic carbocycles. The largest absolute Gasteiger partial charge is 0.256 e. The third-order valence-electron chi connectivity index (χ3n) is 5.08. The lowest BCUT2D eigenvalue weighted by Crippen LogP contribution is -2.14. The second-order valence-corrected chi connectivity index (χ2v) is 6.34. The van der Waals surface area contributed by atoms with Crippen molar-refractivity contribution in [3.8, 4) is 22.4 Å². The zero-order valence-electron chi connectivity index (χ0n) is 12.5. The molecule has 0 amide bonds. The lowest BCUT2D eigenvalue weighted by molar-refractivity contribution is 0.877. The molecule has 0 radical (unpaired) electrons. The number of aryl methyl sites for hydroxylation is 4. The van der Waals surface area contributed by atoms with Crippen LogP contribution < -0.4 is 0 Å². The van der Waals surface area contributed by atoms with Crippen molar-refractivity contribution in [2.75, 3.05) is 0 Å². The summed E-state index contributed by atoms with van der Waals surface area (Å²) in [6.45, 7) is 0. The Labute approximate surface area is 130 Å². The van der Waals surface area contributed by atoms with Crippen LogP contribution in [0.3, 0.4) is 0 Å². The van der Waals surface area contributed by atoms with Crippen molar-refractivity contribution in [2.24, 2.45) is 0 Å². The molecular formula is C21H17N. The molecule has 0 N–H and O–H groups in total. The van der Waals surface area contributed by atoms with Crippen molar-refractivity contribution in [3.05, 3.63) is 77.0 Å². The van der Waals surface area contributed by atoms with E-state index in [4.69, 9.17) is 0 Å². The Hall–Kier alpha value is -2.41. The van der Waals surface area contributed by atoms with Gasteiger partial charge in [-0.15, -0.1) is 0 Å². The lowest BCUT2D eigenvalue weighted by Gasteiger charge is -2.29. The second kappa shape index (κ2) is 4.54. The number of pyridine rings is 1. The van der Waals surface area contributed by atoms with Crippen molar-refractivity contribution in [2.45, 2.75) is 25.7 Å². The first-order valence-electron chi connectivity index (χ1n) is 8.08. The van der Waals surface area contributed by atoms with Crippen LogP contribution in [-0.2, 0) is 25.7 Å². The van der Waals surface area contributed by atoms with Gasteiger partial charge < -0.3 is 0 Å². The summed E-state index contributed by atoms with van der Waals surface area (Å²) in [6, 6.07) is 17.7. The molecule has 1 nitrogen and oxygen atoms in total. The Morgan fingerprint density at radius 3 is 1.91 bits per heavy atom. The van der Waals surface area contributed by atoms with E-state index < -0.39 is 0 Å². The zero-order valence-corrected chi connectivity index (χ0v) is 12.5. The van der Waals surface area contributed by atoms with E-state index in [0.717, 1.165) is 18.5 Å². The first-order valence-corrected chi connectivity index (χ1v) is 8.08. The molecule has 0 saturated carbocycles. The maximum atomic E-state index is 4.53. The van der Waals surface area contributed by atoms with Gasteiger partial charge in [-0.1, -0.05) is 24.3 Å². The molecule has 5 rings (SSSR count). The number of benzene rings is 2. The SMILES string of the molecule is c1ccc(-c2cc3c4c(c2)CCc2cccc(c2-4)CC3)nc1. The molecule has 22 heavy (non-hydrogen) atoms. The van der Waals surface area contributed by atoms with Gasteiger partial charge >= 0.3 is 0 Å². The third kappa shape index (κ3) is 1.69. The Morgan fingerprint density at radius 1 is 0.636 bits per heavy atom. The molecule has 0 fully saturated rings. The molecular weight excluding hydrogens is 266 g/mol. The average Bonchev–Trinajstić information content (AvgIpc) is 2.60. The van der Waals surface area contributed by atoms with Crippen LogP contribution in [-0.4, -0.2) is 4.98 Å². The summed E-state index contributed by atoms with van der Waals surface area (Å²) in [5, 5.41) is 0. The van der Waals surface area contributed by atoms with Crippen molar-refractivity contribution >= 4 is 0 Å². The third-order valence-corrected chi connectivity index (χ3v) is 5.08. The summed E-state index contributed by atoms with van der Waals surface area (Å²) < 4.78 is 0. The number of nitrogens with zero attached hydrogens (tertiary/aromatic N) is 1.